The number of alkyl halides is 3. The van der Waals surface area contributed by atoms with Crippen molar-refractivity contribution >= 4 is 11.5 Å². The Bertz CT molecular complexity index is 815. The minimum Gasteiger partial charge on any atom is -0.497 e. The molecule has 6 heteroatoms. The van der Waals surface area contributed by atoms with E-state index in [0.29, 0.717) is 0 Å². The van der Waals surface area contributed by atoms with E-state index < -0.39 is 23.6 Å². The fourth-order valence-electron chi connectivity index (χ4n) is 3.21. The highest BCUT2D eigenvalue weighted by Crippen LogP contribution is 2.41. The number of methoxy groups -OCH3 is 1. The molecule has 2 atom stereocenters. The van der Waals surface area contributed by atoms with Gasteiger partial charge in [-0.1, -0.05) is 30.3 Å². The number of nitrogens with one attached hydrogen (secondary N) is 1. The Morgan fingerprint density at radius 2 is 1.76 bits per heavy atom. The highest BCUT2D eigenvalue weighted by atomic mass is 19.4. The number of ketones is 1. The molecule has 0 saturated heterocycles. The second-order valence-corrected chi connectivity index (χ2v) is 6.02. The first kappa shape index (κ1) is 17.2. The van der Waals surface area contributed by atoms with Crippen molar-refractivity contribution in [2.24, 2.45) is 0 Å². The van der Waals surface area contributed by atoms with Crippen LogP contribution in [0.2, 0.25) is 0 Å². The van der Waals surface area contributed by atoms with Crippen LogP contribution in [0, 0.1) is 5.41 Å². The van der Waals surface area contributed by atoms with Gasteiger partial charge in [-0.05, 0) is 35.7 Å². The number of rotatable bonds is 3. The number of ether oxygens (including phenoxy) is 1. The first-order valence-electron chi connectivity index (χ1n) is 7.73. The van der Waals surface area contributed by atoms with Gasteiger partial charge in [0.25, 0.3) is 0 Å². The maximum atomic E-state index is 13.1. The lowest BCUT2D eigenvalue weighted by atomic mass is 9.90. The molecule has 2 aromatic carbocycles. The molecule has 0 amide bonds. The minimum atomic E-state index is -4.55. The average Bonchev–Trinajstić information content (AvgIpc) is 2.89. The lowest BCUT2D eigenvalue weighted by Crippen LogP contribution is -2.16. The summed E-state index contributed by atoms with van der Waals surface area (Å²) in [6.45, 7) is 0. The zero-order valence-electron chi connectivity index (χ0n) is 13.4. The highest BCUT2D eigenvalue weighted by Gasteiger charge is 2.41. The summed E-state index contributed by atoms with van der Waals surface area (Å²) in [5.41, 5.74) is 0.171. The molecular formula is C19H16F3NO2. The SMILES string of the molecule is COc1cc(C2C(=N)CC(c3ccccc3)C2=O)cc(C(F)(F)F)c1. The van der Waals surface area contributed by atoms with Gasteiger partial charge in [0.05, 0.1) is 18.6 Å². The summed E-state index contributed by atoms with van der Waals surface area (Å²) >= 11 is 0. The van der Waals surface area contributed by atoms with Gasteiger partial charge >= 0.3 is 6.18 Å². The molecule has 1 aliphatic carbocycles. The molecule has 0 bridgehead atoms. The molecule has 0 spiro atoms. The molecule has 0 aromatic heterocycles. The van der Waals surface area contributed by atoms with Gasteiger partial charge in [0.15, 0.2) is 5.78 Å². The van der Waals surface area contributed by atoms with Gasteiger partial charge in [-0.25, -0.2) is 0 Å². The number of hydrogen-bond donors (Lipinski definition) is 1. The highest BCUT2D eigenvalue weighted by molar-refractivity contribution is 6.17. The molecule has 25 heavy (non-hydrogen) atoms. The largest absolute Gasteiger partial charge is 0.497 e. The molecule has 1 aliphatic rings. The maximum absolute atomic E-state index is 13.1. The van der Waals surface area contributed by atoms with E-state index in [0.717, 1.165) is 17.7 Å². The molecular weight excluding hydrogens is 331 g/mol. The van der Waals surface area contributed by atoms with E-state index in [1.54, 1.807) is 24.3 Å². The molecule has 1 N–H and O–H groups in total. The van der Waals surface area contributed by atoms with E-state index in [9.17, 15) is 18.0 Å². The third-order valence-electron chi connectivity index (χ3n) is 4.43. The average molecular weight is 347 g/mol. The predicted octanol–water partition coefficient (Wildman–Crippen LogP) is 4.57. The first-order chi connectivity index (χ1) is 11.8. The van der Waals surface area contributed by atoms with Crippen molar-refractivity contribution in [3.05, 3.63) is 65.2 Å². The summed E-state index contributed by atoms with van der Waals surface area (Å²) < 4.78 is 44.3. The third-order valence-corrected chi connectivity index (χ3v) is 4.43. The van der Waals surface area contributed by atoms with Crippen LogP contribution in [-0.2, 0) is 11.0 Å². The number of hydrogen-bond acceptors (Lipinski definition) is 3. The van der Waals surface area contributed by atoms with Crippen LogP contribution in [0.1, 0.15) is 34.9 Å². The first-order valence-corrected chi connectivity index (χ1v) is 7.73. The van der Waals surface area contributed by atoms with Crippen LogP contribution in [0.15, 0.2) is 48.5 Å². The number of benzene rings is 2. The Morgan fingerprint density at radius 1 is 1.08 bits per heavy atom. The van der Waals surface area contributed by atoms with Crippen LogP contribution in [0.25, 0.3) is 0 Å². The van der Waals surface area contributed by atoms with Gasteiger partial charge in [0, 0.05) is 11.6 Å². The Balaban J connectivity index is 2.02. The van der Waals surface area contributed by atoms with Crippen molar-refractivity contribution in [3.8, 4) is 5.75 Å². The van der Waals surface area contributed by atoms with Crippen molar-refractivity contribution < 1.29 is 22.7 Å². The summed E-state index contributed by atoms with van der Waals surface area (Å²) in [4.78, 5) is 12.8. The maximum Gasteiger partial charge on any atom is 0.416 e. The normalized spacial score (nSPS) is 20.8. The summed E-state index contributed by atoms with van der Waals surface area (Å²) in [6.07, 6.45) is -4.34. The molecule has 3 rings (SSSR count). The standard InChI is InChI=1S/C19H16F3NO2/c1-25-14-8-12(7-13(9-14)19(20,21)22)17-16(23)10-15(18(17)24)11-5-3-2-4-6-11/h2-9,15,17,23H,10H2,1H3. The molecule has 3 nitrogen and oxygen atoms in total. The lowest BCUT2D eigenvalue weighted by molar-refractivity contribution is -0.137. The minimum absolute atomic E-state index is 0.0218. The van der Waals surface area contributed by atoms with Crippen molar-refractivity contribution in [2.45, 2.75) is 24.4 Å². The molecule has 130 valence electrons. The molecule has 2 unspecified atom stereocenters. The van der Waals surface area contributed by atoms with E-state index in [1.807, 2.05) is 6.07 Å². The molecule has 1 fully saturated rings. The van der Waals surface area contributed by atoms with Crippen molar-refractivity contribution in [2.75, 3.05) is 7.11 Å². The van der Waals surface area contributed by atoms with Crippen molar-refractivity contribution in [1.82, 2.24) is 0 Å². The quantitative estimate of drug-likeness (QED) is 0.884. The Labute approximate surface area is 142 Å². The van der Waals surface area contributed by atoms with Crippen LogP contribution in [0.3, 0.4) is 0 Å². The third kappa shape index (κ3) is 3.29. The van der Waals surface area contributed by atoms with Gasteiger partial charge in [-0.2, -0.15) is 13.2 Å². The monoisotopic (exact) mass is 347 g/mol. The van der Waals surface area contributed by atoms with Gasteiger partial charge in [0.2, 0.25) is 0 Å². The molecule has 2 aromatic rings. The fourth-order valence-corrected chi connectivity index (χ4v) is 3.21. The van der Waals surface area contributed by atoms with Crippen LogP contribution in [0.4, 0.5) is 13.2 Å². The predicted molar refractivity (Wildman–Crippen MR) is 87.3 cm³/mol. The summed E-state index contributed by atoms with van der Waals surface area (Å²) in [5.74, 6) is -1.70. The zero-order chi connectivity index (χ0) is 18.2. The number of carbonyl (C=O) groups excluding carboxylic acids is 1. The number of Topliss-reactive ketones (excluding diaryl/α,β-unsaturated/α-hetero) is 1. The van der Waals surface area contributed by atoms with Gasteiger partial charge in [-0.15, -0.1) is 0 Å². The van der Waals surface area contributed by atoms with E-state index >= 15 is 0 Å². The number of carbonyl (C=O) groups is 1. The van der Waals surface area contributed by atoms with Gasteiger partial charge < -0.3 is 10.1 Å². The molecule has 0 aliphatic heterocycles. The van der Waals surface area contributed by atoms with E-state index in [4.69, 9.17) is 10.1 Å². The van der Waals surface area contributed by atoms with E-state index in [1.165, 1.54) is 13.2 Å². The van der Waals surface area contributed by atoms with Crippen LogP contribution in [0.5, 0.6) is 5.75 Å². The smallest absolute Gasteiger partial charge is 0.416 e. The summed E-state index contributed by atoms with van der Waals surface area (Å²) in [6, 6.07) is 12.2. The lowest BCUT2D eigenvalue weighted by Gasteiger charge is -2.15. The summed E-state index contributed by atoms with van der Waals surface area (Å²) in [5, 5.41) is 8.16. The second-order valence-electron chi connectivity index (χ2n) is 6.02. The molecule has 0 radical (unpaired) electrons. The van der Waals surface area contributed by atoms with Crippen molar-refractivity contribution in [3.63, 3.8) is 0 Å². The Morgan fingerprint density at radius 3 is 2.36 bits per heavy atom. The molecule has 1 saturated carbocycles. The van der Waals surface area contributed by atoms with Crippen molar-refractivity contribution in [1.29, 1.82) is 5.41 Å². The van der Waals surface area contributed by atoms with E-state index in [2.05, 4.69) is 0 Å². The van der Waals surface area contributed by atoms with Gasteiger partial charge in [-0.3, -0.25) is 4.79 Å². The van der Waals surface area contributed by atoms with E-state index in [-0.39, 0.29) is 29.2 Å². The Hall–Kier alpha value is -2.63. The summed E-state index contributed by atoms with van der Waals surface area (Å²) in [7, 11) is 1.27. The fraction of sp³-hybridized carbons (Fsp3) is 0.263. The van der Waals surface area contributed by atoms with Crippen LogP contribution >= 0.6 is 0 Å². The Kier molecular flexibility index (Phi) is 4.37. The topological polar surface area (TPSA) is 50.1 Å². The van der Waals surface area contributed by atoms with Crippen LogP contribution < -0.4 is 4.74 Å². The second kappa shape index (κ2) is 6.35. The number of halogens is 3. The molecule has 0 heterocycles. The zero-order valence-corrected chi connectivity index (χ0v) is 13.4. The van der Waals surface area contributed by atoms with Crippen LogP contribution in [-0.4, -0.2) is 18.6 Å². The van der Waals surface area contributed by atoms with Gasteiger partial charge in [0.1, 0.15) is 5.75 Å².